The summed E-state index contributed by atoms with van der Waals surface area (Å²) in [6.07, 6.45) is 10.0. The zero-order valence-electron chi connectivity index (χ0n) is 16.7. The molecular formula is C18H31N5O6. The van der Waals surface area contributed by atoms with Gasteiger partial charge in [0.15, 0.2) is 6.04 Å². The van der Waals surface area contributed by atoms with Gasteiger partial charge in [-0.1, -0.05) is 38.5 Å². The van der Waals surface area contributed by atoms with Gasteiger partial charge in [0.05, 0.1) is 12.8 Å². The molecule has 3 fully saturated rings. The van der Waals surface area contributed by atoms with E-state index < -0.39 is 38.9 Å². The van der Waals surface area contributed by atoms with Crippen LogP contribution in [0.5, 0.6) is 0 Å². The fourth-order valence-electron chi connectivity index (χ4n) is 5.38. The van der Waals surface area contributed by atoms with E-state index in [0.29, 0.717) is 0 Å². The molecular weight excluding hydrogens is 382 g/mol. The predicted octanol–water partition coefficient (Wildman–Crippen LogP) is 2.56. The van der Waals surface area contributed by atoms with E-state index in [1.54, 1.807) is 0 Å². The topological polar surface area (TPSA) is 145 Å². The van der Waals surface area contributed by atoms with Crippen LogP contribution in [0.3, 0.4) is 0 Å². The molecule has 3 saturated carbocycles. The normalized spacial score (nSPS) is 32.2. The maximum Gasteiger partial charge on any atom is 0.242 e. The first-order chi connectivity index (χ1) is 13.9. The zero-order valence-corrected chi connectivity index (χ0v) is 16.7. The highest BCUT2D eigenvalue weighted by Gasteiger charge is 2.55. The van der Waals surface area contributed by atoms with Crippen LogP contribution in [0.2, 0.25) is 0 Å². The third-order valence-electron chi connectivity index (χ3n) is 6.93. The summed E-state index contributed by atoms with van der Waals surface area (Å²) < 4.78 is 0. The molecule has 0 saturated heterocycles. The van der Waals surface area contributed by atoms with Crippen LogP contribution in [-0.4, -0.2) is 56.0 Å². The Hall–Kier alpha value is -1.88. The largest absolute Gasteiger partial charge is 0.264 e. The molecule has 0 aliphatic heterocycles. The third kappa shape index (κ3) is 5.19. The van der Waals surface area contributed by atoms with Crippen molar-refractivity contribution in [3.63, 3.8) is 0 Å². The van der Waals surface area contributed by atoms with Crippen LogP contribution in [0.1, 0.15) is 77.0 Å². The second-order valence-electron chi connectivity index (χ2n) is 8.76. The second kappa shape index (κ2) is 9.75. The van der Waals surface area contributed by atoms with Crippen LogP contribution in [0.15, 0.2) is 0 Å². The number of rotatable bonds is 7. The maximum absolute atomic E-state index is 11.7. The Bertz CT molecular complexity index is 566. The average molecular weight is 413 g/mol. The molecule has 11 nitrogen and oxygen atoms in total. The van der Waals surface area contributed by atoms with Crippen LogP contribution in [0.4, 0.5) is 0 Å². The monoisotopic (exact) mass is 413 g/mol. The van der Waals surface area contributed by atoms with Crippen LogP contribution in [0.25, 0.3) is 0 Å². The minimum Gasteiger partial charge on any atom is -0.264 e. The van der Waals surface area contributed by atoms with Gasteiger partial charge in [0.2, 0.25) is 18.1 Å². The molecule has 29 heavy (non-hydrogen) atoms. The maximum atomic E-state index is 11.7. The molecule has 0 aromatic rings. The molecule has 0 heterocycles. The van der Waals surface area contributed by atoms with Gasteiger partial charge in [-0.2, -0.15) is 0 Å². The smallest absolute Gasteiger partial charge is 0.242 e. The average Bonchev–Trinajstić information content (AvgIpc) is 2.72. The van der Waals surface area contributed by atoms with E-state index in [1.807, 2.05) is 0 Å². The number of nitrogens with one attached hydrogen (secondary N) is 1. The summed E-state index contributed by atoms with van der Waals surface area (Å²) in [4.78, 5) is 33.0. The molecule has 3 aliphatic rings. The van der Waals surface area contributed by atoms with Crippen molar-refractivity contribution in [2.45, 2.75) is 113 Å². The number of hydrogen-bond donors (Lipinski definition) is 1. The molecule has 3 rings (SSSR count). The Morgan fingerprint density at radius 1 is 0.655 bits per heavy atom. The molecule has 3 aliphatic carbocycles. The summed E-state index contributed by atoms with van der Waals surface area (Å²) in [5.74, 6) is 0. The van der Waals surface area contributed by atoms with E-state index in [2.05, 4.69) is 10.4 Å². The van der Waals surface area contributed by atoms with Gasteiger partial charge in [0, 0.05) is 26.9 Å². The Morgan fingerprint density at radius 2 is 1.07 bits per heavy atom. The highest BCUT2D eigenvalue weighted by atomic mass is 16.6. The lowest BCUT2D eigenvalue weighted by Crippen LogP contribution is -2.66. The Labute approximate surface area is 169 Å². The van der Waals surface area contributed by atoms with E-state index in [9.17, 15) is 30.3 Å². The summed E-state index contributed by atoms with van der Waals surface area (Å²) in [6, 6.07) is -4.55. The summed E-state index contributed by atoms with van der Waals surface area (Å²) in [7, 11) is 0. The number of hydrogen-bond acceptors (Lipinski definition) is 8. The van der Waals surface area contributed by atoms with Gasteiger partial charge in [-0.15, -0.1) is 0 Å². The van der Waals surface area contributed by atoms with Gasteiger partial charge in [-0.3, -0.25) is 30.3 Å². The van der Waals surface area contributed by atoms with Crippen molar-refractivity contribution in [2.75, 3.05) is 0 Å². The van der Waals surface area contributed by atoms with Crippen molar-refractivity contribution in [1.29, 1.82) is 0 Å². The number of nitrogens with zero attached hydrogens (tertiary/aromatic N) is 4. The van der Waals surface area contributed by atoms with Gasteiger partial charge in [0.1, 0.15) is 0 Å². The van der Waals surface area contributed by atoms with Crippen molar-refractivity contribution in [1.82, 2.24) is 10.4 Å². The third-order valence-corrected chi connectivity index (χ3v) is 6.93. The summed E-state index contributed by atoms with van der Waals surface area (Å²) in [5.41, 5.74) is 3.25. The van der Waals surface area contributed by atoms with E-state index in [4.69, 9.17) is 0 Å². The van der Waals surface area contributed by atoms with E-state index in [0.717, 1.165) is 64.2 Å². The van der Waals surface area contributed by atoms with E-state index in [-0.39, 0.29) is 24.9 Å². The standard InChI is InChI=1S/C18H31N5O6/c24-21(25)15-11-16(22(26)27)18(17(12-15)23(28)29)19-20(13-7-3-1-4-8-13)14-9-5-2-6-10-14/h13-19H,1-12H2/t15?,16-,17+,18?. The lowest BCUT2D eigenvalue weighted by molar-refractivity contribution is -0.610. The molecule has 0 aromatic carbocycles. The molecule has 0 bridgehead atoms. The van der Waals surface area contributed by atoms with Gasteiger partial charge < -0.3 is 0 Å². The Morgan fingerprint density at radius 3 is 1.41 bits per heavy atom. The second-order valence-corrected chi connectivity index (χ2v) is 8.76. The van der Waals surface area contributed by atoms with Crippen LogP contribution in [0, 0.1) is 30.3 Å². The molecule has 1 N–H and O–H groups in total. The van der Waals surface area contributed by atoms with Crippen molar-refractivity contribution in [3.8, 4) is 0 Å². The predicted molar refractivity (Wildman–Crippen MR) is 104 cm³/mol. The SMILES string of the molecule is O=[N+]([O-])C1C[C@@H]([N+](=O)[O-])C(NN(C2CCCCC2)C2CCCCC2)[C@@H]([N+](=O)[O-])C1. The summed E-state index contributed by atoms with van der Waals surface area (Å²) in [6.45, 7) is 0. The molecule has 11 heteroatoms. The molecule has 2 unspecified atom stereocenters. The molecule has 0 spiro atoms. The number of nitro groups is 3. The van der Waals surface area contributed by atoms with Gasteiger partial charge >= 0.3 is 0 Å². The van der Waals surface area contributed by atoms with Gasteiger partial charge in [-0.25, -0.2) is 10.4 Å². The first-order valence-electron chi connectivity index (χ1n) is 10.8. The van der Waals surface area contributed by atoms with Crippen molar-refractivity contribution in [2.24, 2.45) is 0 Å². The lowest BCUT2D eigenvalue weighted by atomic mass is 9.83. The van der Waals surface area contributed by atoms with Crippen LogP contribution < -0.4 is 5.43 Å². The lowest BCUT2D eigenvalue weighted by Gasteiger charge is -2.44. The highest BCUT2D eigenvalue weighted by Crippen LogP contribution is 2.32. The molecule has 0 amide bonds. The zero-order chi connectivity index (χ0) is 21.0. The van der Waals surface area contributed by atoms with Crippen LogP contribution in [-0.2, 0) is 0 Å². The Kier molecular flexibility index (Phi) is 7.33. The quantitative estimate of drug-likeness (QED) is 0.495. The highest BCUT2D eigenvalue weighted by molar-refractivity contribution is 4.94. The molecule has 0 aromatic heterocycles. The van der Waals surface area contributed by atoms with Crippen molar-refractivity contribution >= 4 is 0 Å². The fraction of sp³-hybridized carbons (Fsp3) is 1.00. The molecule has 164 valence electrons. The Balaban J connectivity index is 1.86. The van der Waals surface area contributed by atoms with Crippen molar-refractivity contribution < 1.29 is 14.8 Å². The molecule has 4 atom stereocenters. The van der Waals surface area contributed by atoms with E-state index in [1.165, 1.54) is 0 Å². The fourth-order valence-corrected chi connectivity index (χ4v) is 5.38. The number of hydrazine groups is 1. The van der Waals surface area contributed by atoms with Crippen LogP contribution >= 0.6 is 0 Å². The first-order valence-corrected chi connectivity index (χ1v) is 10.8. The van der Waals surface area contributed by atoms with E-state index >= 15 is 0 Å². The van der Waals surface area contributed by atoms with Crippen molar-refractivity contribution in [3.05, 3.63) is 30.3 Å². The summed E-state index contributed by atoms with van der Waals surface area (Å²) in [5, 5.41) is 36.8. The van der Waals surface area contributed by atoms with Gasteiger partial charge in [0.25, 0.3) is 0 Å². The molecule has 0 radical (unpaired) electrons. The minimum absolute atomic E-state index is 0.208. The minimum atomic E-state index is -1.34. The first kappa shape index (κ1) is 21.8. The van der Waals surface area contributed by atoms with Gasteiger partial charge in [-0.05, 0) is 25.7 Å². The summed E-state index contributed by atoms with van der Waals surface area (Å²) >= 11 is 0.